The zero-order chi connectivity index (χ0) is 18.9. The van der Waals surface area contributed by atoms with Gasteiger partial charge in [-0.2, -0.15) is 0 Å². The fourth-order valence-corrected chi connectivity index (χ4v) is 5.74. The molecule has 1 N–H and O–H groups in total. The zero-order valence-corrected chi connectivity index (χ0v) is 16.7. The van der Waals surface area contributed by atoms with Crippen molar-refractivity contribution in [2.45, 2.75) is 42.5 Å². The molecule has 5 heteroatoms. The molecule has 0 radical (unpaired) electrons. The van der Waals surface area contributed by atoms with E-state index in [9.17, 15) is 8.42 Å². The Bertz CT molecular complexity index is 896. The van der Waals surface area contributed by atoms with Crippen LogP contribution in [0.4, 0.5) is 5.69 Å². The van der Waals surface area contributed by atoms with Gasteiger partial charge in [0, 0.05) is 24.2 Å². The van der Waals surface area contributed by atoms with Crippen LogP contribution in [-0.4, -0.2) is 45.2 Å². The van der Waals surface area contributed by atoms with Crippen LogP contribution in [0.1, 0.15) is 36.3 Å². The second-order valence-electron chi connectivity index (χ2n) is 7.89. The number of aryl methyl sites for hydroxylation is 1. The third-order valence-corrected chi connectivity index (χ3v) is 7.82. The maximum Gasteiger partial charge on any atom is 0.178 e. The van der Waals surface area contributed by atoms with Crippen molar-refractivity contribution in [3.05, 3.63) is 59.7 Å². The molecule has 2 aromatic rings. The molecule has 4 rings (SSSR count). The van der Waals surface area contributed by atoms with Gasteiger partial charge in [0.1, 0.15) is 0 Å². The summed E-state index contributed by atoms with van der Waals surface area (Å²) in [6.45, 7) is 2.19. The lowest BCUT2D eigenvalue weighted by atomic mass is 9.91. The lowest BCUT2D eigenvalue weighted by molar-refractivity contribution is 0.285. The first-order valence-electron chi connectivity index (χ1n) is 9.88. The molecule has 144 valence electrons. The molecule has 0 aromatic heterocycles. The standard InChI is InChI=1S/C22H28N2O2S/c1-24-12-5-6-19(24)15-18-16-23-22-10-9-17(14-21(18)22)11-13-27(25,26)20-7-3-2-4-8-20/h2-4,7-10,14,18-19,23H,5-6,11-13,15-16H2,1H3/t18-,19?/m0/s1. The van der Waals surface area contributed by atoms with E-state index in [1.807, 2.05) is 6.07 Å². The molecule has 2 heterocycles. The van der Waals surface area contributed by atoms with Crippen LogP contribution >= 0.6 is 0 Å². The van der Waals surface area contributed by atoms with Crippen LogP contribution in [-0.2, 0) is 16.3 Å². The number of hydrogen-bond donors (Lipinski definition) is 1. The summed E-state index contributed by atoms with van der Waals surface area (Å²) < 4.78 is 25.1. The molecule has 2 aliphatic rings. The molecule has 4 nitrogen and oxygen atoms in total. The van der Waals surface area contributed by atoms with Gasteiger partial charge in [-0.1, -0.05) is 30.3 Å². The summed E-state index contributed by atoms with van der Waals surface area (Å²) in [4.78, 5) is 2.89. The number of nitrogens with zero attached hydrogens (tertiary/aromatic N) is 1. The Hall–Kier alpha value is -1.85. The third kappa shape index (κ3) is 4.04. The van der Waals surface area contributed by atoms with Crippen molar-refractivity contribution < 1.29 is 8.42 Å². The Labute approximate surface area is 162 Å². The molecule has 1 unspecified atom stereocenters. The normalized spacial score (nSPS) is 22.6. The minimum atomic E-state index is -3.23. The van der Waals surface area contributed by atoms with Gasteiger partial charge in [0.2, 0.25) is 0 Å². The molecule has 0 amide bonds. The van der Waals surface area contributed by atoms with Crippen molar-refractivity contribution in [1.82, 2.24) is 4.90 Å². The average Bonchev–Trinajstić information content (AvgIpc) is 3.27. The summed E-state index contributed by atoms with van der Waals surface area (Å²) >= 11 is 0. The highest BCUT2D eigenvalue weighted by atomic mass is 32.2. The van der Waals surface area contributed by atoms with Gasteiger partial charge >= 0.3 is 0 Å². The van der Waals surface area contributed by atoms with E-state index >= 15 is 0 Å². The Morgan fingerprint density at radius 2 is 1.96 bits per heavy atom. The van der Waals surface area contributed by atoms with Gasteiger partial charge < -0.3 is 10.2 Å². The number of rotatable bonds is 6. The predicted octanol–water partition coefficient (Wildman–Crippen LogP) is 3.70. The molecular weight excluding hydrogens is 356 g/mol. The lowest BCUT2D eigenvalue weighted by Gasteiger charge is -2.23. The van der Waals surface area contributed by atoms with Crippen LogP contribution < -0.4 is 5.32 Å². The van der Waals surface area contributed by atoms with E-state index in [0.717, 1.165) is 12.1 Å². The molecule has 0 spiro atoms. The highest BCUT2D eigenvalue weighted by Gasteiger charge is 2.29. The fourth-order valence-electron chi connectivity index (χ4n) is 4.42. The average molecular weight is 385 g/mol. The van der Waals surface area contributed by atoms with Gasteiger partial charge in [-0.25, -0.2) is 8.42 Å². The third-order valence-electron chi connectivity index (χ3n) is 6.08. The van der Waals surface area contributed by atoms with Gasteiger partial charge in [-0.3, -0.25) is 0 Å². The van der Waals surface area contributed by atoms with Gasteiger partial charge in [0.05, 0.1) is 10.6 Å². The molecular formula is C22H28N2O2S. The second kappa shape index (κ2) is 7.64. The molecule has 1 fully saturated rings. The van der Waals surface area contributed by atoms with Gasteiger partial charge in [-0.15, -0.1) is 0 Å². The van der Waals surface area contributed by atoms with Gasteiger partial charge in [-0.05, 0) is 68.6 Å². The van der Waals surface area contributed by atoms with Crippen molar-refractivity contribution in [3.63, 3.8) is 0 Å². The SMILES string of the molecule is CN1CCCC1C[C@H]1CNc2ccc(CCS(=O)(=O)c3ccccc3)cc21. The minimum Gasteiger partial charge on any atom is -0.384 e. The number of sulfone groups is 1. The first kappa shape index (κ1) is 18.5. The summed E-state index contributed by atoms with van der Waals surface area (Å²) in [5.74, 6) is 0.676. The maximum absolute atomic E-state index is 12.6. The van der Waals surface area contributed by atoms with Crippen molar-refractivity contribution in [1.29, 1.82) is 0 Å². The number of fused-ring (bicyclic) bond motifs is 1. The number of nitrogens with one attached hydrogen (secondary N) is 1. The van der Waals surface area contributed by atoms with Crippen LogP contribution in [0.3, 0.4) is 0 Å². The Morgan fingerprint density at radius 1 is 1.15 bits per heavy atom. The summed E-state index contributed by atoms with van der Waals surface area (Å²) in [5, 5.41) is 3.53. The van der Waals surface area contributed by atoms with E-state index in [-0.39, 0.29) is 5.75 Å². The van der Waals surface area contributed by atoms with Gasteiger partial charge in [0.25, 0.3) is 0 Å². The quantitative estimate of drug-likeness (QED) is 0.825. The molecule has 1 saturated heterocycles. The van der Waals surface area contributed by atoms with Crippen molar-refractivity contribution in [3.8, 4) is 0 Å². The molecule has 0 aliphatic carbocycles. The van der Waals surface area contributed by atoms with E-state index in [2.05, 4.69) is 35.5 Å². The molecule has 27 heavy (non-hydrogen) atoms. The van der Waals surface area contributed by atoms with Crippen molar-refractivity contribution in [2.24, 2.45) is 0 Å². The summed E-state index contributed by atoms with van der Waals surface area (Å²) in [6.07, 6.45) is 4.33. The summed E-state index contributed by atoms with van der Waals surface area (Å²) in [5.41, 5.74) is 3.70. The predicted molar refractivity (Wildman–Crippen MR) is 110 cm³/mol. The van der Waals surface area contributed by atoms with E-state index in [4.69, 9.17) is 0 Å². The van der Waals surface area contributed by atoms with E-state index in [1.54, 1.807) is 24.3 Å². The van der Waals surface area contributed by atoms with Crippen LogP contribution in [0.5, 0.6) is 0 Å². The van der Waals surface area contributed by atoms with Crippen LogP contribution in [0.15, 0.2) is 53.4 Å². The summed E-state index contributed by atoms with van der Waals surface area (Å²) in [7, 11) is -1.01. The van der Waals surface area contributed by atoms with Crippen molar-refractivity contribution in [2.75, 3.05) is 31.2 Å². The van der Waals surface area contributed by atoms with E-state index < -0.39 is 9.84 Å². The monoisotopic (exact) mass is 384 g/mol. The summed E-state index contributed by atoms with van der Waals surface area (Å²) in [6, 6.07) is 15.8. The fraction of sp³-hybridized carbons (Fsp3) is 0.455. The molecule has 0 saturated carbocycles. The second-order valence-corrected chi connectivity index (χ2v) is 10.0. The highest BCUT2D eigenvalue weighted by molar-refractivity contribution is 7.91. The smallest absolute Gasteiger partial charge is 0.178 e. The molecule has 2 atom stereocenters. The minimum absolute atomic E-state index is 0.152. The van der Waals surface area contributed by atoms with Crippen LogP contribution in [0, 0.1) is 0 Å². The molecule has 2 aliphatic heterocycles. The Morgan fingerprint density at radius 3 is 2.70 bits per heavy atom. The lowest BCUT2D eigenvalue weighted by Crippen LogP contribution is -2.27. The van der Waals surface area contributed by atoms with Crippen molar-refractivity contribution >= 4 is 15.5 Å². The molecule has 2 aromatic carbocycles. The number of benzene rings is 2. The first-order chi connectivity index (χ1) is 13.0. The number of hydrogen-bond acceptors (Lipinski definition) is 4. The number of anilines is 1. The van der Waals surface area contributed by atoms with E-state index in [1.165, 1.54) is 37.1 Å². The Kier molecular flexibility index (Phi) is 5.24. The largest absolute Gasteiger partial charge is 0.384 e. The van der Waals surface area contributed by atoms with Gasteiger partial charge in [0.15, 0.2) is 9.84 Å². The maximum atomic E-state index is 12.6. The zero-order valence-electron chi connectivity index (χ0n) is 15.9. The molecule has 0 bridgehead atoms. The highest BCUT2D eigenvalue weighted by Crippen LogP contribution is 2.37. The first-order valence-corrected chi connectivity index (χ1v) is 11.5. The topological polar surface area (TPSA) is 49.4 Å². The van der Waals surface area contributed by atoms with E-state index in [0.29, 0.717) is 23.3 Å². The Balaban J connectivity index is 1.46. The number of likely N-dealkylation sites (tertiary alicyclic amines) is 1. The van der Waals surface area contributed by atoms with Crippen LogP contribution in [0.2, 0.25) is 0 Å². The van der Waals surface area contributed by atoms with Crippen LogP contribution in [0.25, 0.3) is 0 Å².